The number of carbonyl (C=O) groups excluding carboxylic acids is 3. The fourth-order valence-electron chi connectivity index (χ4n) is 2.79. The van der Waals surface area contributed by atoms with Gasteiger partial charge in [0.2, 0.25) is 5.91 Å². The Labute approximate surface area is 190 Å². The predicted molar refractivity (Wildman–Crippen MR) is 119 cm³/mol. The fourth-order valence-corrected chi connectivity index (χ4v) is 2.79. The molecule has 176 valence electrons. The van der Waals surface area contributed by atoms with Crippen LogP contribution in [0.15, 0.2) is 61.0 Å². The summed E-state index contributed by atoms with van der Waals surface area (Å²) >= 11 is 0. The lowest BCUT2D eigenvalue weighted by Crippen LogP contribution is -2.55. The van der Waals surface area contributed by atoms with Gasteiger partial charge in [-0.15, -0.1) is 0 Å². The number of amides is 3. The third-order valence-electron chi connectivity index (χ3n) is 4.30. The Kier molecular flexibility index (Phi) is 9.34. The summed E-state index contributed by atoms with van der Waals surface area (Å²) in [6.07, 6.45) is -0.322. The fraction of sp³-hybridized carbons (Fsp3) is 0.261. The van der Waals surface area contributed by atoms with Gasteiger partial charge in [-0.3, -0.25) is 19.8 Å². The normalized spacial score (nSPS) is 11.2. The van der Waals surface area contributed by atoms with E-state index in [2.05, 4.69) is 22.6 Å². The zero-order chi connectivity index (χ0) is 24.4. The number of halogens is 2. The number of benzene rings is 2. The second-order valence-electron chi connectivity index (χ2n) is 6.99. The molecule has 8 nitrogen and oxygen atoms in total. The third kappa shape index (κ3) is 8.24. The molecule has 0 bridgehead atoms. The molecule has 2 aromatic rings. The molecule has 0 aliphatic heterocycles. The highest BCUT2D eigenvalue weighted by Gasteiger charge is 2.23. The van der Waals surface area contributed by atoms with Crippen LogP contribution in [-0.4, -0.2) is 36.9 Å². The highest BCUT2D eigenvalue weighted by molar-refractivity contribution is 5.99. The van der Waals surface area contributed by atoms with E-state index >= 15 is 0 Å². The largest absolute Gasteiger partial charge is 0.480 e. The summed E-state index contributed by atoms with van der Waals surface area (Å²) in [6.45, 7) is 6.98. The Hall–Kier alpha value is -3.95. The molecule has 0 aliphatic carbocycles. The lowest BCUT2D eigenvalue weighted by atomic mass is 10.1. The molecule has 3 amide bonds. The maximum Gasteiger partial charge on any atom is 0.265 e. The molecule has 0 heterocycles. The van der Waals surface area contributed by atoms with E-state index in [1.165, 1.54) is 6.92 Å². The van der Waals surface area contributed by atoms with Crippen LogP contribution in [0, 0.1) is 11.6 Å². The number of hydrogen-bond acceptors (Lipinski definition) is 5. The van der Waals surface area contributed by atoms with E-state index in [9.17, 15) is 23.2 Å². The van der Waals surface area contributed by atoms with Crippen LogP contribution in [0.25, 0.3) is 0 Å². The van der Waals surface area contributed by atoms with Gasteiger partial charge in [-0.2, -0.15) is 0 Å². The maximum atomic E-state index is 13.3. The van der Waals surface area contributed by atoms with E-state index in [4.69, 9.17) is 4.74 Å². The van der Waals surface area contributed by atoms with Gasteiger partial charge in [0.1, 0.15) is 17.7 Å². The highest BCUT2D eigenvalue weighted by Crippen LogP contribution is 2.12. The summed E-state index contributed by atoms with van der Waals surface area (Å²) in [4.78, 5) is 37.6. The van der Waals surface area contributed by atoms with Crippen molar-refractivity contribution >= 4 is 23.4 Å². The van der Waals surface area contributed by atoms with Crippen molar-refractivity contribution in [1.29, 1.82) is 0 Å². The zero-order valence-electron chi connectivity index (χ0n) is 18.4. The molecule has 2 aromatic carbocycles. The molecule has 0 aliphatic rings. The number of anilines is 1. The van der Waals surface area contributed by atoms with Crippen molar-refractivity contribution in [1.82, 2.24) is 16.1 Å². The van der Waals surface area contributed by atoms with Crippen LogP contribution < -0.4 is 21.1 Å². The van der Waals surface area contributed by atoms with E-state index in [0.717, 1.165) is 17.1 Å². The Morgan fingerprint density at radius 3 is 2.33 bits per heavy atom. The molecule has 33 heavy (non-hydrogen) atoms. The molecule has 0 saturated carbocycles. The van der Waals surface area contributed by atoms with Crippen molar-refractivity contribution in [3.8, 4) is 0 Å². The van der Waals surface area contributed by atoms with Gasteiger partial charge in [0.15, 0.2) is 5.88 Å². The van der Waals surface area contributed by atoms with Crippen LogP contribution in [0.4, 0.5) is 14.5 Å². The topological polar surface area (TPSA) is 99.8 Å². The lowest BCUT2D eigenvalue weighted by Gasteiger charge is -2.25. The number of nitrogens with zero attached hydrogens (tertiary/aromatic N) is 1. The first-order chi connectivity index (χ1) is 15.7. The summed E-state index contributed by atoms with van der Waals surface area (Å²) in [5, 5.41) is 6.20. The minimum Gasteiger partial charge on any atom is -0.480 e. The van der Waals surface area contributed by atoms with Crippen molar-refractivity contribution in [3.05, 3.63) is 78.2 Å². The van der Waals surface area contributed by atoms with Gasteiger partial charge in [-0.05, 0) is 50.3 Å². The molecule has 1 atom stereocenters. The van der Waals surface area contributed by atoms with Crippen LogP contribution in [-0.2, 0) is 25.5 Å². The molecule has 10 heteroatoms. The van der Waals surface area contributed by atoms with Gasteiger partial charge in [0.25, 0.3) is 11.8 Å². The van der Waals surface area contributed by atoms with Crippen molar-refractivity contribution in [2.24, 2.45) is 0 Å². The SMILES string of the molecule is C=C(NCC(=O)N(NC(=O)[C@H](C)NC(=O)Cc1cc(F)cc(F)c1)c1ccccc1)OCC. The van der Waals surface area contributed by atoms with Gasteiger partial charge in [-0.25, -0.2) is 13.8 Å². The summed E-state index contributed by atoms with van der Waals surface area (Å²) < 4.78 is 31.8. The van der Waals surface area contributed by atoms with E-state index in [1.54, 1.807) is 37.3 Å². The van der Waals surface area contributed by atoms with E-state index in [0.29, 0.717) is 18.4 Å². The van der Waals surface area contributed by atoms with E-state index in [-0.39, 0.29) is 24.4 Å². The molecule has 2 rings (SSSR count). The molecule has 0 radical (unpaired) electrons. The summed E-state index contributed by atoms with van der Waals surface area (Å²) in [7, 11) is 0. The van der Waals surface area contributed by atoms with Crippen molar-refractivity contribution in [2.75, 3.05) is 18.2 Å². The van der Waals surface area contributed by atoms with Crippen LogP contribution >= 0.6 is 0 Å². The Morgan fingerprint density at radius 2 is 1.73 bits per heavy atom. The zero-order valence-corrected chi connectivity index (χ0v) is 18.4. The number of carbonyl (C=O) groups is 3. The molecular formula is C23H26F2N4O4. The van der Waals surface area contributed by atoms with Gasteiger partial charge < -0.3 is 15.4 Å². The second kappa shape index (κ2) is 12.2. The van der Waals surface area contributed by atoms with Crippen molar-refractivity contribution in [2.45, 2.75) is 26.3 Å². The van der Waals surface area contributed by atoms with E-state index < -0.39 is 35.4 Å². The first kappa shape index (κ1) is 25.3. The standard InChI is InChI=1S/C23H26F2N4O4/c1-4-33-16(3)26-14-22(31)29(20-8-6-5-7-9-20)28-23(32)15(2)27-21(30)12-17-10-18(24)13-19(25)11-17/h5-11,13,15,26H,3-4,12,14H2,1-2H3,(H,27,30)(H,28,32)/t15-/m0/s1. The van der Waals surface area contributed by atoms with Crippen LogP contribution in [0.3, 0.4) is 0 Å². The smallest absolute Gasteiger partial charge is 0.265 e. The molecule has 0 unspecified atom stereocenters. The Balaban J connectivity index is 2.02. The highest BCUT2D eigenvalue weighted by atomic mass is 19.1. The molecule has 0 spiro atoms. The van der Waals surface area contributed by atoms with Crippen LogP contribution in [0.5, 0.6) is 0 Å². The lowest BCUT2D eigenvalue weighted by molar-refractivity contribution is -0.129. The maximum absolute atomic E-state index is 13.3. The van der Waals surface area contributed by atoms with Crippen molar-refractivity contribution < 1.29 is 27.9 Å². The summed E-state index contributed by atoms with van der Waals surface area (Å²) in [6, 6.07) is 10.1. The summed E-state index contributed by atoms with van der Waals surface area (Å²) in [5.41, 5.74) is 3.00. The number of ether oxygens (including phenoxy) is 1. The third-order valence-corrected chi connectivity index (χ3v) is 4.30. The first-order valence-electron chi connectivity index (χ1n) is 10.2. The van der Waals surface area contributed by atoms with Gasteiger partial charge >= 0.3 is 0 Å². The molecular weight excluding hydrogens is 434 g/mol. The Bertz CT molecular complexity index is 981. The van der Waals surface area contributed by atoms with Crippen LogP contribution in [0.2, 0.25) is 0 Å². The summed E-state index contributed by atoms with van der Waals surface area (Å²) in [5.74, 6) is -3.20. The number of rotatable bonds is 10. The van der Waals surface area contributed by atoms with Gasteiger partial charge in [0.05, 0.1) is 25.3 Å². The van der Waals surface area contributed by atoms with Gasteiger partial charge in [0, 0.05) is 6.07 Å². The first-order valence-corrected chi connectivity index (χ1v) is 10.2. The second-order valence-corrected chi connectivity index (χ2v) is 6.99. The minimum atomic E-state index is -1.04. The average molecular weight is 460 g/mol. The average Bonchev–Trinajstić information content (AvgIpc) is 2.75. The number of hydrazine groups is 1. The number of para-hydroxylation sites is 1. The number of nitrogens with one attached hydrogen (secondary N) is 3. The quantitative estimate of drug-likeness (QED) is 0.373. The minimum absolute atomic E-state index is 0.124. The molecule has 0 saturated heterocycles. The van der Waals surface area contributed by atoms with Gasteiger partial charge in [-0.1, -0.05) is 18.2 Å². The van der Waals surface area contributed by atoms with Crippen molar-refractivity contribution in [3.63, 3.8) is 0 Å². The molecule has 0 aromatic heterocycles. The Morgan fingerprint density at radius 1 is 1.09 bits per heavy atom. The predicted octanol–water partition coefficient (Wildman–Crippen LogP) is 2.17. The number of hydrogen-bond donors (Lipinski definition) is 3. The van der Waals surface area contributed by atoms with E-state index in [1.807, 2.05) is 0 Å². The molecule has 3 N–H and O–H groups in total. The molecule has 0 fully saturated rings. The monoisotopic (exact) mass is 460 g/mol. The van der Waals surface area contributed by atoms with Crippen LogP contribution in [0.1, 0.15) is 19.4 Å².